The van der Waals surface area contributed by atoms with E-state index in [9.17, 15) is 9.59 Å². The van der Waals surface area contributed by atoms with Crippen LogP contribution in [0.4, 0.5) is 4.79 Å². The number of amides is 2. The van der Waals surface area contributed by atoms with Crippen molar-refractivity contribution in [3.63, 3.8) is 0 Å². The van der Waals surface area contributed by atoms with Crippen molar-refractivity contribution in [2.75, 3.05) is 13.7 Å². The van der Waals surface area contributed by atoms with Crippen LogP contribution in [0.25, 0.3) is 0 Å². The topological polar surface area (TPSA) is 76.7 Å². The molecule has 1 atom stereocenters. The molecule has 1 heterocycles. The molecule has 0 saturated heterocycles. The number of unbranched alkanes of at least 4 members (excludes halogenated alkanes) is 2. The summed E-state index contributed by atoms with van der Waals surface area (Å²) in [7, 11) is 1.56. The van der Waals surface area contributed by atoms with Crippen molar-refractivity contribution in [1.82, 2.24) is 10.6 Å². The molecular weight excluding hydrogens is 308 g/mol. The smallest absolute Gasteiger partial charge is 0.338 e. The average molecular weight is 332 g/mol. The molecule has 6 nitrogen and oxygen atoms in total. The number of benzene rings is 1. The number of hydrogen-bond donors (Lipinski definition) is 2. The van der Waals surface area contributed by atoms with Gasteiger partial charge >= 0.3 is 12.0 Å². The molecular formula is C18H24N2O4. The molecule has 130 valence electrons. The van der Waals surface area contributed by atoms with E-state index >= 15 is 0 Å². The first-order valence-corrected chi connectivity index (χ1v) is 8.16. The van der Waals surface area contributed by atoms with Crippen molar-refractivity contribution in [3.05, 3.63) is 41.1 Å². The summed E-state index contributed by atoms with van der Waals surface area (Å²) >= 11 is 0. The SMILES string of the molecule is CCCCCOC(=O)C1=C(C)NC(=O)N[C@H]1c1ccccc1OC. The Bertz CT molecular complexity index is 640. The predicted molar refractivity (Wildman–Crippen MR) is 90.6 cm³/mol. The first kappa shape index (κ1) is 17.8. The molecule has 0 saturated carbocycles. The molecule has 24 heavy (non-hydrogen) atoms. The Morgan fingerprint density at radius 2 is 2.00 bits per heavy atom. The number of hydrogen-bond acceptors (Lipinski definition) is 4. The van der Waals surface area contributed by atoms with Crippen molar-refractivity contribution in [1.29, 1.82) is 0 Å². The molecule has 1 aliphatic rings. The Kier molecular flexibility index (Phi) is 6.23. The molecule has 0 aromatic heterocycles. The van der Waals surface area contributed by atoms with Gasteiger partial charge in [0.1, 0.15) is 5.75 Å². The van der Waals surface area contributed by atoms with E-state index in [2.05, 4.69) is 17.6 Å². The number of nitrogens with one attached hydrogen (secondary N) is 2. The van der Waals surface area contributed by atoms with E-state index in [-0.39, 0.29) is 6.03 Å². The number of esters is 1. The van der Waals surface area contributed by atoms with Crippen molar-refractivity contribution in [2.24, 2.45) is 0 Å². The summed E-state index contributed by atoms with van der Waals surface area (Å²) in [6.45, 7) is 4.16. The van der Waals surface area contributed by atoms with Crippen molar-refractivity contribution >= 4 is 12.0 Å². The van der Waals surface area contributed by atoms with Gasteiger partial charge in [-0.2, -0.15) is 0 Å². The van der Waals surface area contributed by atoms with Gasteiger partial charge in [0.2, 0.25) is 0 Å². The average Bonchev–Trinajstić information content (AvgIpc) is 2.57. The summed E-state index contributed by atoms with van der Waals surface area (Å²) in [6.07, 6.45) is 2.89. The fourth-order valence-corrected chi connectivity index (χ4v) is 2.70. The van der Waals surface area contributed by atoms with Gasteiger partial charge in [0.25, 0.3) is 0 Å². The van der Waals surface area contributed by atoms with Gasteiger partial charge in [-0.3, -0.25) is 0 Å². The molecule has 2 rings (SSSR count). The van der Waals surface area contributed by atoms with Gasteiger partial charge in [-0.15, -0.1) is 0 Å². The van der Waals surface area contributed by atoms with Gasteiger partial charge in [-0.1, -0.05) is 38.0 Å². The number of carbonyl (C=O) groups excluding carboxylic acids is 2. The number of urea groups is 1. The fraction of sp³-hybridized carbons (Fsp3) is 0.444. The molecule has 6 heteroatoms. The number of para-hydroxylation sites is 1. The first-order valence-electron chi connectivity index (χ1n) is 8.16. The molecule has 0 aliphatic carbocycles. The highest BCUT2D eigenvalue weighted by Gasteiger charge is 2.33. The van der Waals surface area contributed by atoms with Crippen molar-refractivity contribution in [2.45, 2.75) is 39.2 Å². The number of carbonyl (C=O) groups is 2. The van der Waals surface area contributed by atoms with Crippen LogP contribution in [0.5, 0.6) is 5.75 Å². The zero-order valence-electron chi connectivity index (χ0n) is 14.3. The molecule has 0 fully saturated rings. The standard InChI is InChI=1S/C18H24N2O4/c1-4-5-8-11-24-17(21)15-12(2)19-18(22)20-16(15)13-9-6-7-10-14(13)23-3/h6-7,9-10,16H,4-5,8,11H2,1-3H3,(H2,19,20,22)/t16-/m0/s1. The van der Waals surface area contributed by atoms with E-state index in [1.165, 1.54) is 0 Å². The quantitative estimate of drug-likeness (QED) is 0.594. The molecule has 1 aromatic carbocycles. The zero-order chi connectivity index (χ0) is 17.5. The Morgan fingerprint density at radius 3 is 2.71 bits per heavy atom. The van der Waals surface area contributed by atoms with Crippen LogP contribution >= 0.6 is 0 Å². The molecule has 0 unspecified atom stereocenters. The third-order valence-electron chi connectivity index (χ3n) is 3.92. The Hall–Kier alpha value is -2.50. The normalized spacial score (nSPS) is 17.1. The fourth-order valence-electron chi connectivity index (χ4n) is 2.70. The number of allylic oxidation sites excluding steroid dienone is 1. The van der Waals surface area contributed by atoms with Crippen molar-refractivity contribution in [3.8, 4) is 5.75 Å². The minimum absolute atomic E-state index is 0.356. The molecule has 1 aromatic rings. The Labute approximate surface area is 142 Å². The summed E-state index contributed by atoms with van der Waals surface area (Å²) in [5.74, 6) is 0.181. The Balaban J connectivity index is 2.28. The lowest BCUT2D eigenvalue weighted by molar-refractivity contribution is -0.139. The first-order chi connectivity index (χ1) is 11.6. The van der Waals surface area contributed by atoms with Crippen molar-refractivity contribution < 1.29 is 19.1 Å². The number of ether oxygens (including phenoxy) is 2. The largest absolute Gasteiger partial charge is 0.496 e. The van der Waals surface area contributed by atoms with Crippen LogP contribution < -0.4 is 15.4 Å². The van der Waals surface area contributed by atoms with Crippen LogP contribution in [0.3, 0.4) is 0 Å². The lowest BCUT2D eigenvalue weighted by Gasteiger charge is -2.29. The van der Waals surface area contributed by atoms with Crippen LogP contribution in [0.15, 0.2) is 35.5 Å². The second kappa shape index (κ2) is 8.38. The van der Waals surface area contributed by atoms with E-state index in [1.807, 2.05) is 18.2 Å². The highest BCUT2D eigenvalue weighted by atomic mass is 16.5. The third kappa shape index (κ3) is 4.07. The van der Waals surface area contributed by atoms with Crippen LogP contribution in [0, 0.1) is 0 Å². The van der Waals surface area contributed by atoms with Gasteiger partial charge in [-0.25, -0.2) is 9.59 Å². The molecule has 0 bridgehead atoms. The van der Waals surface area contributed by atoms with E-state index in [0.29, 0.717) is 23.6 Å². The van der Waals surface area contributed by atoms with Gasteiger partial charge in [0.15, 0.2) is 0 Å². The van der Waals surface area contributed by atoms with Crippen LogP contribution in [-0.2, 0) is 9.53 Å². The number of methoxy groups -OCH3 is 1. The predicted octanol–water partition coefficient (Wildman–Crippen LogP) is 3.06. The zero-order valence-corrected chi connectivity index (χ0v) is 14.3. The van der Waals surface area contributed by atoms with Crippen LogP contribution in [0.1, 0.15) is 44.7 Å². The molecule has 0 radical (unpaired) electrons. The van der Waals surface area contributed by atoms with Crippen LogP contribution in [-0.4, -0.2) is 25.7 Å². The minimum Gasteiger partial charge on any atom is -0.496 e. The molecule has 1 aliphatic heterocycles. The summed E-state index contributed by atoms with van der Waals surface area (Å²) in [4.78, 5) is 24.4. The monoisotopic (exact) mass is 332 g/mol. The maximum Gasteiger partial charge on any atom is 0.338 e. The third-order valence-corrected chi connectivity index (χ3v) is 3.92. The second-order valence-corrected chi connectivity index (χ2v) is 5.66. The lowest BCUT2D eigenvalue weighted by Crippen LogP contribution is -2.45. The Morgan fingerprint density at radius 1 is 1.25 bits per heavy atom. The van der Waals surface area contributed by atoms with E-state index in [1.54, 1.807) is 20.1 Å². The van der Waals surface area contributed by atoms with E-state index in [4.69, 9.17) is 9.47 Å². The lowest BCUT2D eigenvalue weighted by atomic mass is 9.95. The highest BCUT2D eigenvalue weighted by molar-refractivity contribution is 5.95. The highest BCUT2D eigenvalue weighted by Crippen LogP contribution is 2.33. The second-order valence-electron chi connectivity index (χ2n) is 5.66. The minimum atomic E-state index is -0.603. The summed E-state index contributed by atoms with van der Waals surface area (Å²) < 4.78 is 10.7. The maximum atomic E-state index is 12.5. The maximum absolute atomic E-state index is 12.5. The summed E-state index contributed by atoms with van der Waals surface area (Å²) in [5.41, 5.74) is 1.61. The van der Waals surface area contributed by atoms with Gasteiger partial charge in [0.05, 0.1) is 25.3 Å². The van der Waals surface area contributed by atoms with Gasteiger partial charge in [-0.05, 0) is 19.4 Å². The molecule has 2 N–H and O–H groups in total. The van der Waals surface area contributed by atoms with E-state index < -0.39 is 12.0 Å². The molecule has 2 amide bonds. The summed E-state index contributed by atoms with van der Waals surface area (Å²) in [5, 5.41) is 5.42. The van der Waals surface area contributed by atoms with E-state index in [0.717, 1.165) is 24.8 Å². The van der Waals surface area contributed by atoms with Crippen LogP contribution in [0.2, 0.25) is 0 Å². The summed E-state index contributed by atoms with van der Waals surface area (Å²) in [6, 6.07) is 6.34. The van der Waals surface area contributed by atoms with Gasteiger partial charge < -0.3 is 20.1 Å². The molecule has 0 spiro atoms. The number of rotatable bonds is 7. The van der Waals surface area contributed by atoms with Gasteiger partial charge in [0, 0.05) is 11.3 Å².